The van der Waals surface area contributed by atoms with Gasteiger partial charge >= 0.3 is 0 Å². The second kappa shape index (κ2) is 9.01. The number of halogens is 1. The minimum absolute atomic E-state index is 0.0827. The molecule has 2 aromatic carbocycles. The van der Waals surface area contributed by atoms with Gasteiger partial charge < -0.3 is 10.6 Å². The second-order valence-electron chi connectivity index (χ2n) is 5.93. The summed E-state index contributed by atoms with van der Waals surface area (Å²) in [5, 5.41) is 5.42. The number of carbonyl (C=O) groups excluding carboxylic acids is 2. The fraction of sp³-hybridized carbons (Fsp3) is 0.222. The van der Waals surface area contributed by atoms with E-state index in [9.17, 15) is 18.0 Å². The first-order valence-electron chi connectivity index (χ1n) is 8.07. The Morgan fingerprint density at radius 2 is 1.78 bits per heavy atom. The van der Waals surface area contributed by atoms with E-state index in [-0.39, 0.29) is 30.1 Å². The Labute approximate surface area is 166 Å². The number of rotatable bonds is 7. The van der Waals surface area contributed by atoms with Crippen molar-refractivity contribution in [3.8, 4) is 0 Å². The Bertz CT molecular complexity index is 961. The van der Waals surface area contributed by atoms with E-state index >= 15 is 0 Å². The molecule has 2 aromatic rings. The molecule has 0 saturated heterocycles. The summed E-state index contributed by atoms with van der Waals surface area (Å²) in [4.78, 5) is 24.4. The fourth-order valence-corrected chi connectivity index (χ4v) is 3.23. The van der Waals surface area contributed by atoms with Crippen molar-refractivity contribution < 1.29 is 18.0 Å². The van der Waals surface area contributed by atoms with Crippen LogP contribution in [0.5, 0.6) is 0 Å². The highest BCUT2D eigenvalue weighted by atomic mass is 79.9. The van der Waals surface area contributed by atoms with Crippen LogP contribution in [-0.2, 0) is 14.8 Å². The second-order valence-corrected chi connectivity index (χ2v) is 8.60. The van der Waals surface area contributed by atoms with Gasteiger partial charge in [0.1, 0.15) is 0 Å². The number of para-hydroxylation sites is 1. The highest BCUT2D eigenvalue weighted by molar-refractivity contribution is 9.10. The van der Waals surface area contributed by atoms with Crippen molar-refractivity contribution in [2.24, 2.45) is 0 Å². The smallest absolute Gasteiger partial charge is 0.253 e. The number of aryl methyl sites for hydroxylation is 1. The Morgan fingerprint density at radius 3 is 2.48 bits per heavy atom. The number of hydrogen-bond donors (Lipinski definition) is 3. The predicted molar refractivity (Wildman–Crippen MR) is 109 cm³/mol. The van der Waals surface area contributed by atoms with E-state index in [1.54, 1.807) is 18.2 Å². The summed E-state index contributed by atoms with van der Waals surface area (Å²) < 4.78 is 26.0. The fourth-order valence-electron chi connectivity index (χ4n) is 2.30. The molecule has 0 aliphatic rings. The average Bonchev–Trinajstić information content (AvgIpc) is 2.57. The molecule has 0 atom stereocenters. The number of carbonyl (C=O) groups is 2. The zero-order valence-corrected chi connectivity index (χ0v) is 17.3. The van der Waals surface area contributed by atoms with Crippen LogP contribution in [0.3, 0.4) is 0 Å². The van der Waals surface area contributed by atoms with Gasteiger partial charge in [0.05, 0.1) is 17.5 Å². The molecular weight excluding hydrogens is 434 g/mol. The van der Waals surface area contributed by atoms with Gasteiger partial charge in [0.2, 0.25) is 15.9 Å². The van der Waals surface area contributed by atoms with Crippen molar-refractivity contribution in [1.82, 2.24) is 5.32 Å². The summed E-state index contributed by atoms with van der Waals surface area (Å²) >= 11 is 3.35. The highest BCUT2D eigenvalue weighted by Crippen LogP contribution is 2.20. The van der Waals surface area contributed by atoms with Crippen LogP contribution in [0.4, 0.5) is 11.4 Å². The van der Waals surface area contributed by atoms with Gasteiger partial charge in [-0.05, 0) is 36.8 Å². The van der Waals surface area contributed by atoms with Gasteiger partial charge in [-0.15, -0.1) is 0 Å². The van der Waals surface area contributed by atoms with E-state index < -0.39 is 15.9 Å². The van der Waals surface area contributed by atoms with E-state index in [4.69, 9.17) is 0 Å². The van der Waals surface area contributed by atoms with Crippen LogP contribution in [0.25, 0.3) is 0 Å². The third kappa shape index (κ3) is 6.69. The SMILES string of the molecule is Cc1ccc(Br)cc1NC(=O)CCNC(=O)c1ccccc1NS(C)(=O)=O. The maximum Gasteiger partial charge on any atom is 0.253 e. The summed E-state index contributed by atoms with van der Waals surface area (Å²) in [6.07, 6.45) is 1.09. The lowest BCUT2D eigenvalue weighted by Crippen LogP contribution is -2.28. The van der Waals surface area contributed by atoms with Gasteiger partial charge in [0, 0.05) is 23.1 Å². The lowest BCUT2D eigenvalue weighted by atomic mass is 10.1. The molecule has 2 rings (SSSR count). The van der Waals surface area contributed by atoms with Crippen LogP contribution in [0.15, 0.2) is 46.9 Å². The molecule has 27 heavy (non-hydrogen) atoms. The van der Waals surface area contributed by atoms with Gasteiger partial charge in [0.25, 0.3) is 5.91 Å². The lowest BCUT2D eigenvalue weighted by Gasteiger charge is -2.12. The zero-order chi connectivity index (χ0) is 20.0. The molecule has 0 fully saturated rings. The molecule has 9 heteroatoms. The highest BCUT2D eigenvalue weighted by Gasteiger charge is 2.14. The number of hydrogen-bond acceptors (Lipinski definition) is 4. The van der Waals surface area contributed by atoms with E-state index in [1.807, 2.05) is 19.1 Å². The molecule has 0 spiro atoms. The number of sulfonamides is 1. The van der Waals surface area contributed by atoms with E-state index in [1.165, 1.54) is 12.1 Å². The molecule has 0 aliphatic carbocycles. The largest absolute Gasteiger partial charge is 0.351 e. The Morgan fingerprint density at radius 1 is 1.07 bits per heavy atom. The van der Waals surface area contributed by atoms with Gasteiger partial charge in [-0.1, -0.05) is 34.1 Å². The van der Waals surface area contributed by atoms with E-state index in [0.717, 1.165) is 16.3 Å². The van der Waals surface area contributed by atoms with Crippen LogP contribution >= 0.6 is 15.9 Å². The predicted octanol–water partition coefficient (Wildman–Crippen LogP) is 2.89. The Hall–Kier alpha value is -2.39. The number of amides is 2. The van der Waals surface area contributed by atoms with Crippen molar-refractivity contribution >= 4 is 49.1 Å². The Kier molecular flexibility index (Phi) is 6.98. The van der Waals surface area contributed by atoms with Crippen LogP contribution in [0, 0.1) is 6.92 Å². The van der Waals surface area contributed by atoms with E-state index in [0.29, 0.717) is 5.69 Å². The molecule has 7 nitrogen and oxygen atoms in total. The van der Waals surface area contributed by atoms with Crippen LogP contribution in [0.1, 0.15) is 22.3 Å². The summed E-state index contributed by atoms with van der Waals surface area (Å²) in [6, 6.07) is 11.8. The maximum atomic E-state index is 12.3. The van der Waals surface area contributed by atoms with Gasteiger partial charge in [-0.3, -0.25) is 14.3 Å². The van der Waals surface area contributed by atoms with Crippen LogP contribution in [-0.4, -0.2) is 33.0 Å². The molecule has 144 valence electrons. The van der Waals surface area contributed by atoms with Gasteiger partial charge in [0.15, 0.2) is 0 Å². The molecule has 0 bridgehead atoms. The summed E-state index contributed by atoms with van der Waals surface area (Å²) in [5.74, 6) is -0.702. The minimum Gasteiger partial charge on any atom is -0.351 e. The first-order chi connectivity index (χ1) is 12.7. The molecule has 2 amide bonds. The summed E-state index contributed by atoms with van der Waals surface area (Å²) in [5.41, 5.74) is 2.00. The van der Waals surface area contributed by atoms with E-state index in [2.05, 4.69) is 31.3 Å². The molecule has 0 heterocycles. The van der Waals surface area contributed by atoms with Crippen molar-refractivity contribution in [1.29, 1.82) is 0 Å². The van der Waals surface area contributed by atoms with Gasteiger partial charge in [-0.25, -0.2) is 8.42 Å². The number of anilines is 2. The lowest BCUT2D eigenvalue weighted by molar-refractivity contribution is -0.116. The van der Waals surface area contributed by atoms with Crippen molar-refractivity contribution in [3.05, 3.63) is 58.1 Å². The number of benzene rings is 2. The molecule has 0 aliphatic heterocycles. The third-order valence-electron chi connectivity index (χ3n) is 3.58. The van der Waals surface area contributed by atoms with Crippen LogP contribution < -0.4 is 15.4 Å². The maximum absolute atomic E-state index is 12.3. The quantitative estimate of drug-likeness (QED) is 0.599. The average molecular weight is 454 g/mol. The molecular formula is C18H20BrN3O4S. The van der Waals surface area contributed by atoms with Crippen molar-refractivity contribution in [2.45, 2.75) is 13.3 Å². The first kappa shape index (κ1) is 20.9. The summed E-state index contributed by atoms with van der Waals surface area (Å²) in [6.45, 7) is 2.00. The topological polar surface area (TPSA) is 104 Å². The molecule has 0 saturated carbocycles. The van der Waals surface area contributed by atoms with Crippen molar-refractivity contribution in [3.63, 3.8) is 0 Å². The molecule has 0 radical (unpaired) electrons. The first-order valence-corrected chi connectivity index (χ1v) is 10.7. The molecule has 0 aromatic heterocycles. The Balaban J connectivity index is 1.93. The molecule has 0 unspecified atom stereocenters. The van der Waals surface area contributed by atoms with Gasteiger partial charge in [-0.2, -0.15) is 0 Å². The third-order valence-corrected chi connectivity index (χ3v) is 4.66. The normalized spacial score (nSPS) is 10.9. The van der Waals surface area contributed by atoms with Crippen LogP contribution in [0.2, 0.25) is 0 Å². The number of nitrogens with one attached hydrogen (secondary N) is 3. The minimum atomic E-state index is -3.51. The zero-order valence-electron chi connectivity index (χ0n) is 14.9. The summed E-state index contributed by atoms with van der Waals surface area (Å²) in [7, 11) is -3.51. The monoisotopic (exact) mass is 453 g/mol. The molecule has 3 N–H and O–H groups in total. The van der Waals surface area contributed by atoms with Crippen molar-refractivity contribution in [2.75, 3.05) is 22.8 Å². The standard InChI is InChI=1S/C18H20BrN3O4S/c1-12-7-8-13(19)11-16(12)21-17(23)9-10-20-18(24)14-5-3-4-6-15(14)22-27(2,25)26/h3-8,11,22H,9-10H2,1-2H3,(H,20,24)(H,21,23).